The average Bonchev–Trinajstić information content (AvgIpc) is 2.66. The van der Waals surface area contributed by atoms with E-state index in [9.17, 15) is 4.79 Å². The molecule has 25 heavy (non-hydrogen) atoms. The maximum atomic E-state index is 12.6. The van der Waals surface area contributed by atoms with Crippen LogP contribution in [0.15, 0.2) is 36.4 Å². The topological polar surface area (TPSA) is 66.0 Å². The van der Waals surface area contributed by atoms with E-state index in [1.165, 1.54) is 0 Å². The van der Waals surface area contributed by atoms with Gasteiger partial charge in [-0.15, -0.1) is 0 Å². The number of hydrogen-bond acceptors (Lipinski definition) is 5. The molecular formula is C19H21NO5. The van der Waals surface area contributed by atoms with Crippen LogP contribution in [-0.4, -0.2) is 33.3 Å². The molecule has 0 aliphatic carbocycles. The van der Waals surface area contributed by atoms with Crippen LogP contribution >= 0.6 is 0 Å². The number of benzene rings is 2. The van der Waals surface area contributed by atoms with Gasteiger partial charge in [0.25, 0.3) is 5.91 Å². The highest BCUT2D eigenvalue weighted by molar-refractivity contribution is 5.95. The third-order valence-electron chi connectivity index (χ3n) is 4.06. The van der Waals surface area contributed by atoms with Gasteiger partial charge in [0.2, 0.25) is 0 Å². The van der Waals surface area contributed by atoms with Gasteiger partial charge < -0.3 is 24.3 Å². The summed E-state index contributed by atoms with van der Waals surface area (Å²) in [5.41, 5.74) is 1.35. The second-order valence-electron chi connectivity index (χ2n) is 5.66. The lowest BCUT2D eigenvalue weighted by Gasteiger charge is -2.20. The zero-order chi connectivity index (χ0) is 17.8. The Labute approximate surface area is 146 Å². The van der Waals surface area contributed by atoms with Gasteiger partial charge in [-0.3, -0.25) is 4.79 Å². The van der Waals surface area contributed by atoms with E-state index in [0.29, 0.717) is 41.8 Å². The Kier molecular flexibility index (Phi) is 4.97. The maximum Gasteiger partial charge on any atom is 0.251 e. The van der Waals surface area contributed by atoms with E-state index in [1.54, 1.807) is 32.4 Å². The number of carbonyl (C=O) groups excluding carboxylic acids is 1. The molecule has 132 valence electrons. The minimum absolute atomic E-state index is 0.200. The quantitative estimate of drug-likeness (QED) is 0.904. The van der Waals surface area contributed by atoms with Crippen molar-refractivity contribution in [2.24, 2.45) is 0 Å². The Morgan fingerprint density at radius 2 is 1.80 bits per heavy atom. The molecular weight excluding hydrogens is 322 g/mol. The second kappa shape index (κ2) is 7.34. The molecule has 1 amide bonds. The number of hydrogen-bond donors (Lipinski definition) is 1. The van der Waals surface area contributed by atoms with Crippen LogP contribution in [0.1, 0.15) is 28.9 Å². The summed E-state index contributed by atoms with van der Waals surface area (Å²) in [5.74, 6) is 2.44. The largest absolute Gasteiger partial charge is 0.497 e. The number of methoxy groups -OCH3 is 2. The Bertz CT molecular complexity index is 774. The zero-order valence-corrected chi connectivity index (χ0v) is 14.5. The monoisotopic (exact) mass is 343 g/mol. The van der Waals surface area contributed by atoms with E-state index in [2.05, 4.69) is 5.32 Å². The highest BCUT2D eigenvalue weighted by Crippen LogP contribution is 2.32. The summed E-state index contributed by atoms with van der Waals surface area (Å²) in [4.78, 5) is 12.6. The molecule has 0 spiro atoms. The van der Waals surface area contributed by atoms with E-state index < -0.39 is 0 Å². The van der Waals surface area contributed by atoms with Gasteiger partial charge >= 0.3 is 0 Å². The van der Waals surface area contributed by atoms with Crippen molar-refractivity contribution in [1.29, 1.82) is 0 Å². The summed E-state index contributed by atoms with van der Waals surface area (Å²) in [6.07, 6.45) is 0. The first-order valence-electron chi connectivity index (χ1n) is 8.05. The number of ether oxygens (including phenoxy) is 4. The van der Waals surface area contributed by atoms with Crippen LogP contribution in [0, 0.1) is 0 Å². The standard InChI is InChI=1S/C19H21NO5/c1-12(15-11-14(22-2)5-7-16(15)23-3)20-19(21)13-4-6-17-18(10-13)25-9-8-24-17/h4-7,10-12H,8-9H2,1-3H3,(H,20,21)/t12-/m1/s1. The third kappa shape index (κ3) is 3.63. The van der Waals surface area contributed by atoms with Gasteiger partial charge in [-0.25, -0.2) is 0 Å². The Morgan fingerprint density at radius 3 is 2.52 bits per heavy atom. The summed E-state index contributed by atoms with van der Waals surface area (Å²) in [6, 6.07) is 10.4. The van der Waals surface area contributed by atoms with Crippen molar-refractivity contribution in [3.63, 3.8) is 0 Å². The van der Waals surface area contributed by atoms with Gasteiger partial charge in [0.1, 0.15) is 24.7 Å². The van der Waals surface area contributed by atoms with Crippen LogP contribution in [0.3, 0.4) is 0 Å². The summed E-state index contributed by atoms with van der Waals surface area (Å²) in [7, 11) is 3.20. The number of rotatable bonds is 5. The number of amides is 1. The van der Waals surface area contributed by atoms with Gasteiger partial charge in [-0.2, -0.15) is 0 Å². The van der Waals surface area contributed by atoms with Crippen molar-refractivity contribution in [2.75, 3.05) is 27.4 Å². The van der Waals surface area contributed by atoms with Crippen molar-refractivity contribution in [3.8, 4) is 23.0 Å². The summed E-state index contributed by atoms with van der Waals surface area (Å²) in [6.45, 7) is 2.90. The van der Waals surface area contributed by atoms with Crippen LogP contribution in [-0.2, 0) is 0 Å². The minimum Gasteiger partial charge on any atom is -0.497 e. The number of fused-ring (bicyclic) bond motifs is 1. The Balaban J connectivity index is 1.78. The molecule has 0 saturated carbocycles. The van der Waals surface area contributed by atoms with Crippen molar-refractivity contribution >= 4 is 5.91 Å². The molecule has 1 N–H and O–H groups in total. The lowest BCUT2D eigenvalue weighted by Crippen LogP contribution is -2.27. The molecule has 0 bridgehead atoms. The van der Waals surface area contributed by atoms with Gasteiger partial charge in [0.05, 0.1) is 20.3 Å². The molecule has 1 aliphatic heterocycles. The van der Waals surface area contributed by atoms with Crippen molar-refractivity contribution in [3.05, 3.63) is 47.5 Å². The first-order valence-corrected chi connectivity index (χ1v) is 8.05. The van der Waals surface area contributed by atoms with Gasteiger partial charge in [-0.1, -0.05) is 0 Å². The summed E-state index contributed by atoms with van der Waals surface area (Å²) < 4.78 is 21.6. The molecule has 6 nitrogen and oxygen atoms in total. The molecule has 0 fully saturated rings. The number of nitrogens with one attached hydrogen (secondary N) is 1. The Hall–Kier alpha value is -2.89. The molecule has 1 atom stereocenters. The van der Waals surface area contributed by atoms with E-state index >= 15 is 0 Å². The molecule has 6 heteroatoms. The molecule has 0 saturated heterocycles. The lowest BCUT2D eigenvalue weighted by atomic mass is 10.1. The van der Waals surface area contributed by atoms with Crippen molar-refractivity contribution in [1.82, 2.24) is 5.32 Å². The molecule has 0 aromatic heterocycles. The van der Waals surface area contributed by atoms with Crippen molar-refractivity contribution < 1.29 is 23.7 Å². The van der Waals surface area contributed by atoms with E-state index in [1.807, 2.05) is 25.1 Å². The highest BCUT2D eigenvalue weighted by atomic mass is 16.6. The summed E-state index contributed by atoms with van der Waals surface area (Å²) >= 11 is 0. The van der Waals surface area contributed by atoms with Gasteiger partial charge in [0, 0.05) is 11.1 Å². The molecule has 1 heterocycles. The van der Waals surface area contributed by atoms with Gasteiger partial charge in [0.15, 0.2) is 11.5 Å². The van der Waals surface area contributed by atoms with Crippen molar-refractivity contribution in [2.45, 2.75) is 13.0 Å². The predicted molar refractivity (Wildman–Crippen MR) is 92.9 cm³/mol. The fourth-order valence-electron chi connectivity index (χ4n) is 2.72. The predicted octanol–water partition coefficient (Wildman–Crippen LogP) is 2.97. The molecule has 0 unspecified atom stereocenters. The van der Waals surface area contributed by atoms with E-state index in [4.69, 9.17) is 18.9 Å². The van der Waals surface area contributed by atoms with Crippen LogP contribution in [0.4, 0.5) is 0 Å². The molecule has 3 rings (SSSR count). The normalized spacial score (nSPS) is 13.7. The third-order valence-corrected chi connectivity index (χ3v) is 4.06. The SMILES string of the molecule is COc1ccc(OC)c([C@@H](C)NC(=O)c2ccc3c(c2)OCCO3)c1. The van der Waals surface area contributed by atoms with Crippen LogP contribution in [0.5, 0.6) is 23.0 Å². The van der Waals surface area contributed by atoms with Crippen LogP contribution in [0.25, 0.3) is 0 Å². The molecule has 0 radical (unpaired) electrons. The lowest BCUT2D eigenvalue weighted by molar-refractivity contribution is 0.0938. The highest BCUT2D eigenvalue weighted by Gasteiger charge is 2.19. The fourth-order valence-corrected chi connectivity index (χ4v) is 2.72. The van der Waals surface area contributed by atoms with Crippen LogP contribution < -0.4 is 24.3 Å². The van der Waals surface area contributed by atoms with Crippen LogP contribution in [0.2, 0.25) is 0 Å². The summed E-state index contributed by atoms with van der Waals surface area (Å²) in [5, 5.41) is 2.97. The first kappa shape index (κ1) is 17.0. The fraction of sp³-hybridized carbons (Fsp3) is 0.316. The second-order valence-corrected chi connectivity index (χ2v) is 5.66. The minimum atomic E-state index is -0.259. The molecule has 2 aromatic rings. The number of carbonyl (C=O) groups is 1. The van der Waals surface area contributed by atoms with Gasteiger partial charge in [-0.05, 0) is 43.3 Å². The first-order chi connectivity index (χ1) is 12.1. The molecule has 1 aliphatic rings. The molecule has 2 aromatic carbocycles. The van der Waals surface area contributed by atoms with E-state index in [-0.39, 0.29) is 11.9 Å². The Morgan fingerprint density at radius 1 is 1.04 bits per heavy atom. The zero-order valence-electron chi connectivity index (χ0n) is 14.5. The maximum absolute atomic E-state index is 12.6. The van der Waals surface area contributed by atoms with E-state index in [0.717, 1.165) is 5.56 Å². The smallest absolute Gasteiger partial charge is 0.251 e. The average molecular weight is 343 g/mol.